The standard InChI is InChI=1S/C15H19N3O/c16-11-12-10-15(18-6-3-8-19-9-7-18)13-4-1-2-5-14(13)17-12/h1-2,4-5,10H,3,6-9,11,16H2. The SMILES string of the molecule is NCc1cc(N2CCCOCC2)c2ccccc2n1. The third kappa shape index (κ3) is 2.55. The van der Waals surface area contributed by atoms with Gasteiger partial charge >= 0.3 is 0 Å². The van der Waals surface area contributed by atoms with Gasteiger partial charge in [0.05, 0.1) is 17.8 Å². The van der Waals surface area contributed by atoms with Crippen molar-refractivity contribution in [1.29, 1.82) is 0 Å². The Hall–Kier alpha value is -1.65. The Labute approximate surface area is 113 Å². The molecule has 1 fully saturated rings. The van der Waals surface area contributed by atoms with Crippen LogP contribution in [0.1, 0.15) is 12.1 Å². The van der Waals surface area contributed by atoms with Crippen molar-refractivity contribution < 1.29 is 4.74 Å². The highest BCUT2D eigenvalue weighted by Gasteiger charge is 2.14. The number of fused-ring (bicyclic) bond motifs is 1. The van der Waals surface area contributed by atoms with Gasteiger partial charge in [0.2, 0.25) is 0 Å². The van der Waals surface area contributed by atoms with Gasteiger partial charge < -0.3 is 15.4 Å². The minimum absolute atomic E-state index is 0.474. The summed E-state index contributed by atoms with van der Waals surface area (Å²) in [6.45, 7) is 4.07. The molecular formula is C15H19N3O. The number of nitrogens with two attached hydrogens (primary N) is 1. The van der Waals surface area contributed by atoms with Crippen molar-refractivity contribution in [3.63, 3.8) is 0 Å². The number of rotatable bonds is 2. The van der Waals surface area contributed by atoms with Gasteiger partial charge in [0.15, 0.2) is 0 Å². The molecule has 1 aromatic carbocycles. The molecule has 0 saturated carbocycles. The van der Waals surface area contributed by atoms with E-state index in [0.29, 0.717) is 6.54 Å². The number of anilines is 1. The molecule has 1 aromatic heterocycles. The number of hydrogen-bond acceptors (Lipinski definition) is 4. The molecule has 4 nitrogen and oxygen atoms in total. The molecule has 1 aliphatic rings. The fourth-order valence-electron chi connectivity index (χ4n) is 2.56. The van der Waals surface area contributed by atoms with Crippen LogP contribution in [-0.2, 0) is 11.3 Å². The van der Waals surface area contributed by atoms with Gasteiger partial charge in [0, 0.05) is 37.3 Å². The van der Waals surface area contributed by atoms with E-state index in [-0.39, 0.29) is 0 Å². The van der Waals surface area contributed by atoms with Crippen LogP contribution in [0.25, 0.3) is 10.9 Å². The summed E-state index contributed by atoms with van der Waals surface area (Å²) in [5, 5.41) is 1.20. The van der Waals surface area contributed by atoms with E-state index in [0.717, 1.165) is 43.9 Å². The Morgan fingerprint density at radius 2 is 2.11 bits per heavy atom. The van der Waals surface area contributed by atoms with Crippen LogP contribution in [0.4, 0.5) is 5.69 Å². The lowest BCUT2D eigenvalue weighted by Crippen LogP contribution is -2.26. The highest BCUT2D eigenvalue weighted by atomic mass is 16.5. The zero-order chi connectivity index (χ0) is 13.1. The number of ether oxygens (including phenoxy) is 1. The third-order valence-electron chi connectivity index (χ3n) is 3.52. The molecule has 3 rings (SSSR count). The van der Waals surface area contributed by atoms with Crippen LogP contribution in [0.2, 0.25) is 0 Å². The van der Waals surface area contributed by atoms with Crippen molar-refractivity contribution in [2.45, 2.75) is 13.0 Å². The van der Waals surface area contributed by atoms with Crippen LogP contribution in [0, 0.1) is 0 Å². The molecular weight excluding hydrogens is 238 g/mol. The molecule has 0 unspecified atom stereocenters. The second-order valence-electron chi connectivity index (χ2n) is 4.81. The molecule has 0 aliphatic carbocycles. The summed E-state index contributed by atoms with van der Waals surface area (Å²) < 4.78 is 5.53. The molecule has 4 heteroatoms. The average Bonchev–Trinajstić information content (AvgIpc) is 2.75. The fraction of sp³-hybridized carbons (Fsp3) is 0.400. The Kier molecular flexibility index (Phi) is 3.62. The van der Waals surface area contributed by atoms with E-state index < -0.39 is 0 Å². The zero-order valence-corrected chi connectivity index (χ0v) is 11.0. The Bertz CT molecular complexity index is 562. The van der Waals surface area contributed by atoms with Gasteiger partial charge in [0.1, 0.15) is 0 Å². The maximum atomic E-state index is 5.76. The number of aromatic nitrogens is 1. The lowest BCUT2D eigenvalue weighted by atomic mass is 10.1. The van der Waals surface area contributed by atoms with Crippen LogP contribution >= 0.6 is 0 Å². The van der Waals surface area contributed by atoms with E-state index in [1.165, 1.54) is 11.1 Å². The maximum absolute atomic E-state index is 5.76. The third-order valence-corrected chi connectivity index (χ3v) is 3.52. The van der Waals surface area contributed by atoms with Gasteiger partial charge in [-0.05, 0) is 18.6 Å². The number of nitrogens with zero attached hydrogens (tertiary/aromatic N) is 2. The van der Waals surface area contributed by atoms with E-state index in [1.807, 2.05) is 12.1 Å². The topological polar surface area (TPSA) is 51.4 Å². The van der Waals surface area contributed by atoms with Gasteiger partial charge in [-0.2, -0.15) is 0 Å². The van der Waals surface area contributed by atoms with Gasteiger partial charge in [-0.15, -0.1) is 0 Å². The zero-order valence-electron chi connectivity index (χ0n) is 11.0. The molecule has 100 valence electrons. The highest BCUT2D eigenvalue weighted by Crippen LogP contribution is 2.27. The first-order valence-electron chi connectivity index (χ1n) is 6.80. The maximum Gasteiger partial charge on any atom is 0.0726 e. The molecule has 0 atom stereocenters. The van der Waals surface area contributed by atoms with Crippen molar-refractivity contribution >= 4 is 16.6 Å². The molecule has 2 aromatic rings. The Balaban J connectivity index is 2.09. The van der Waals surface area contributed by atoms with Crippen molar-refractivity contribution in [2.75, 3.05) is 31.2 Å². The molecule has 2 heterocycles. The van der Waals surface area contributed by atoms with Gasteiger partial charge in [-0.3, -0.25) is 4.98 Å². The summed E-state index contributed by atoms with van der Waals surface area (Å²) in [6, 6.07) is 10.4. The normalized spacial score (nSPS) is 16.6. The monoisotopic (exact) mass is 257 g/mol. The molecule has 0 spiro atoms. The number of hydrogen-bond donors (Lipinski definition) is 1. The van der Waals surface area contributed by atoms with Crippen LogP contribution < -0.4 is 10.6 Å². The van der Waals surface area contributed by atoms with Crippen molar-refractivity contribution in [3.8, 4) is 0 Å². The molecule has 19 heavy (non-hydrogen) atoms. The Morgan fingerprint density at radius 1 is 1.21 bits per heavy atom. The number of pyridine rings is 1. The van der Waals surface area contributed by atoms with E-state index in [2.05, 4.69) is 28.1 Å². The van der Waals surface area contributed by atoms with Crippen molar-refractivity contribution in [3.05, 3.63) is 36.0 Å². The molecule has 0 bridgehead atoms. The van der Waals surface area contributed by atoms with Crippen LogP contribution in [0.3, 0.4) is 0 Å². The first kappa shape index (κ1) is 12.4. The van der Waals surface area contributed by atoms with Gasteiger partial charge in [-0.1, -0.05) is 18.2 Å². The second kappa shape index (κ2) is 5.55. The summed E-state index contributed by atoms with van der Waals surface area (Å²) in [4.78, 5) is 6.97. The molecule has 1 saturated heterocycles. The van der Waals surface area contributed by atoms with Gasteiger partial charge in [-0.25, -0.2) is 0 Å². The smallest absolute Gasteiger partial charge is 0.0726 e. The average molecular weight is 257 g/mol. The predicted molar refractivity (Wildman–Crippen MR) is 77.3 cm³/mol. The summed E-state index contributed by atoms with van der Waals surface area (Å²) in [6.07, 6.45) is 1.06. The first-order chi connectivity index (χ1) is 9.38. The van der Waals surface area contributed by atoms with E-state index >= 15 is 0 Å². The van der Waals surface area contributed by atoms with Crippen LogP contribution in [0.15, 0.2) is 30.3 Å². The van der Waals surface area contributed by atoms with E-state index in [9.17, 15) is 0 Å². The number of benzene rings is 1. The number of para-hydroxylation sites is 1. The largest absolute Gasteiger partial charge is 0.380 e. The molecule has 2 N–H and O–H groups in total. The van der Waals surface area contributed by atoms with Crippen molar-refractivity contribution in [1.82, 2.24) is 4.98 Å². The second-order valence-corrected chi connectivity index (χ2v) is 4.81. The van der Waals surface area contributed by atoms with E-state index in [1.54, 1.807) is 0 Å². The molecule has 0 amide bonds. The molecule has 1 aliphatic heterocycles. The van der Waals surface area contributed by atoms with E-state index in [4.69, 9.17) is 10.5 Å². The quantitative estimate of drug-likeness (QED) is 0.893. The summed E-state index contributed by atoms with van der Waals surface area (Å²) in [7, 11) is 0. The van der Waals surface area contributed by atoms with Crippen molar-refractivity contribution in [2.24, 2.45) is 5.73 Å². The highest BCUT2D eigenvalue weighted by molar-refractivity contribution is 5.92. The van der Waals surface area contributed by atoms with Crippen LogP contribution in [-0.4, -0.2) is 31.3 Å². The summed E-state index contributed by atoms with van der Waals surface area (Å²) >= 11 is 0. The predicted octanol–water partition coefficient (Wildman–Crippen LogP) is 1.92. The molecule has 0 radical (unpaired) electrons. The summed E-state index contributed by atoms with van der Waals surface area (Å²) in [5.74, 6) is 0. The lowest BCUT2D eigenvalue weighted by molar-refractivity contribution is 0.152. The van der Waals surface area contributed by atoms with Crippen LogP contribution in [0.5, 0.6) is 0 Å². The Morgan fingerprint density at radius 3 is 3.00 bits per heavy atom. The minimum Gasteiger partial charge on any atom is -0.380 e. The minimum atomic E-state index is 0.474. The fourth-order valence-corrected chi connectivity index (χ4v) is 2.56. The lowest BCUT2D eigenvalue weighted by Gasteiger charge is -2.24. The summed E-state index contributed by atoms with van der Waals surface area (Å²) in [5.41, 5.74) is 8.96. The van der Waals surface area contributed by atoms with Gasteiger partial charge in [0.25, 0.3) is 0 Å². The first-order valence-corrected chi connectivity index (χ1v) is 6.80.